The van der Waals surface area contributed by atoms with Crippen LogP contribution in [0, 0.1) is 6.92 Å². The summed E-state index contributed by atoms with van der Waals surface area (Å²) in [5, 5.41) is 13.4. The summed E-state index contributed by atoms with van der Waals surface area (Å²) in [5.74, 6) is 1.31. The lowest BCUT2D eigenvalue weighted by atomic mass is 10.1. The van der Waals surface area contributed by atoms with Crippen molar-refractivity contribution in [3.05, 3.63) is 53.8 Å². The number of nitrogens with zero attached hydrogens (tertiary/aromatic N) is 2. The third-order valence-corrected chi connectivity index (χ3v) is 4.18. The van der Waals surface area contributed by atoms with E-state index in [1.54, 1.807) is 12.2 Å². The molecule has 0 saturated heterocycles. The number of benzene rings is 1. The van der Waals surface area contributed by atoms with Crippen molar-refractivity contribution in [1.82, 2.24) is 5.32 Å². The van der Waals surface area contributed by atoms with Gasteiger partial charge < -0.3 is 15.2 Å². The van der Waals surface area contributed by atoms with Gasteiger partial charge in [-0.3, -0.25) is 4.79 Å². The molecule has 2 aliphatic rings. The first-order valence-electron chi connectivity index (χ1n) is 8.72. The van der Waals surface area contributed by atoms with Crippen LogP contribution in [0.4, 0.5) is 0 Å². The summed E-state index contributed by atoms with van der Waals surface area (Å²) in [6.45, 7) is 4.59. The van der Waals surface area contributed by atoms with Gasteiger partial charge in [0.15, 0.2) is 0 Å². The average molecular weight is 353 g/mol. The summed E-state index contributed by atoms with van der Waals surface area (Å²) in [4.78, 5) is 20.4. The van der Waals surface area contributed by atoms with Crippen LogP contribution in [0.25, 0.3) is 0 Å². The van der Waals surface area contributed by atoms with E-state index in [0.717, 1.165) is 11.3 Å². The second-order valence-corrected chi connectivity index (χ2v) is 6.51. The average Bonchev–Trinajstić information content (AvgIpc) is 3.03. The van der Waals surface area contributed by atoms with E-state index in [4.69, 9.17) is 4.74 Å². The summed E-state index contributed by atoms with van der Waals surface area (Å²) < 4.78 is 5.65. The molecule has 0 aromatic heterocycles. The molecule has 1 aromatic carbocycles. The van der Waals surface area contributed by atoms with E-state index in [0.29, 0.717) is 30.2 Å². The lowest BCUT2D eigenvalue weighted by Gasteiger charge is -2.17. The van der Waals surface area contributed by atoms with Gasteiger partial charge in [0.1, 0.15) is 30.0 Å². The van der Waals surface area contributed by atoms with Crippen LogP contribution >= 0.6 is 0 Å². The Labute approximate surface area is 153 Å². The smallest absolute Gasteiger partial charge is 0.206 e. The molecule has 0 saturated carbocycles. The topological polar surface area (TPSA) is 83.3 Å². The highest BCUT2D eigenvalue weighted by Gasteiger charge is 2.24. The fourth-order valence-corrected chi connectivity index (χ4v) is 2.74. The molecule has 0 amide bonds. The molecule has 26 heavy (non-hydrogen) atoms. The second-order valence-electron chi connectivity index (χ2n) is 6.51. The number of ketones is 1. The summed E-state index contributed by atoms with van der Waals surface area (Å²) >= 11 is 0. The molecular weight excluding hydrogens is 330 g/mol. The number of carbonyl (C=O) groups excluding carboxylic acids is 1. The number of rotatable bonds is 8. The van der Waals surface area contributed by atoms with E-state index in [2.05, 4.69) is 15.3 Å². The van der Waals surface area contributed by atoms with E-state index in [-0.39, 0.29) is 18.4 Å². The fraction of sp³-hybridized carbons (Fsp3) is 0.350. The van der Waals surface area contributed by atoms with Crippen molar-refractivity contribution in [3.8, 4) is 5.75 Å². The number of hydrogen-bond donors (Lipinski definition) is 2. The molecule has 0 radical (unpaired) electrons. The summed E-state index contributed by atoms with van der Waals surface area (Å²) in [5.41, 5.74) is 2.09. The Morgan fingerprint density at radius 1 is 1.27 bits per heavy atom. The number of nitrogens with one attached hydrogen (secondary N) is 1. The van der Waals surface area contributed by atoms with Crippen LogP contribution in [0.1, 0.15) is 18.9 Å². The molecule has 1 aromatic rings. The molecule has 3 rings (SSSR count). The minimum absolute atomic E-state index is 0.0648. The van der Waals surface area contributed by atoms with Crippen LogP contribution in [0.15, 0.2) is 58.2 Å². The highest BCUT2D eigenvalue weighted by molar-refractivity contribution is 6.53. The number of para-hydroxylation sites is 1. The number of aliphatic hydroxyl groups excluding tert-OH is 1. The minimum Gasteiger partial charge on any atom is -0.491 e. The maximum Gasteiger partial charge on any atom is 0.206 e. The Morgan fingerprint density at radius 2 is 2.08 bits per heavy atom. The lowest BCUT2D eigenvalue weighted by molar-refractivity contribution is -0.108. The summed E-state index contributed by atoms with van der Waals surface area (Å²) in [6.07, 6.45) is 4.94. The largest absolute Gasteiger partial charge is 0.491 e. The molecular formula is C20H23N3O3. The van der Waals surface area contributed by atoms with E-state index in [1.165, 1.54) is 6.08 Å². The predicted octanol–water partition coefficient (Wildman–Crippen LogP) is 1.98. The van der Waals surface area contributed by atoms with Gasteiger partial charge in [-0.2, -0.15) is 0 Å². The van der Waals surface area contributed by atoms with Crippen LogP contribution in [0.3, 0.4) is 0 Å². The first-order valence-corrected chi connectivity index (χ1v) is 8.72. The zero-order valence-corrected chi connectivity index (χ0v) is 15.0. The van der Waals surface area contributed by atoms with Gasteiger partial charge in [0, 0.05) is 19.0 Å². The monoisotopic (exact) mass is 353 g/mol. The first-order chi connectivity index (χ1) is 12.5. The van der Waals surface area contributed by atoms with E-state index in [9.17, 15) is 9.90 Å². The van der Waals surface area contributed by atoms with Crippen LogP contribution < -0.4 is 10.1 Å². The maximum absolute atomic E-state index is 11.7. The van der Waals surface area contributed by atoms with Gasteiger partial charge in [0.25, 0.3) is 0 Å². The zero-order valence-electron chi connectivity index (χ0n) is 15.0. The van der Waals surface area contributed by atoms with Crippen molar-refractivity contribution in [3.63, 3.8) is 0 Å². The third-order valence-electron chi connectivity index (χ3n) is 4.18. The molecule has 1 aliphatic heterocycles. The highest BCUT2D eigenvalue weighted by atomic mass is 16.5. The predicted molar refractivity (Wildman–Crippen MR) is 102 cm³/mol. The Kier molecular flexibility index (Phi) is 5.75. The van der Waals surface area contributed by atoms with E-state index < -0.39 is 6.10 Å². The normalized spacial score (nSPS) is 18.0. The maximum atomic E-state index is 11.7. The van der Waals surface area contributed by atoms with E-state index >= 15 is 0 Å². The highest BCUT2D eigenvalue weighted by Crippen LogP contribution is 2.18. The van der Waals surface area contributed by atoms with E-state index in [1.807, 2.05) is 38.1 Å². The van der Waals surface area contributed by atoms with Crippen molar-refractivity contribution in [2.75, 3.05) is 13.2 Å². The lowest BCUT2D eigenvalue weighted by Crippen LogP contribution is -2.37. The van der Waals surface area contributed by atoms with Crippen molar-refractivity contribution >= 4 is 17.3 Å². The molecule has 1 aliphatic carbocycles. The standard InChI is InChI=1S/C20H23N3O3/c1-13-6-3-4-9-18(13)26-12-15(24)11-21-14(2)10-19-22-16-7-5-8-17(25)20(16)23-19/h3-9,14-15,21,24H,10-12H2,1-2H3. The number of ether oxygens (including phenoxy) is 1. The van der Waals surface area contributed by atoms with Gasteiger partial charge in [-0.15, -0.1) is 0 Å². The number of carbonyl (C=O) groups is 1. The van der Waals surface area contributed by atoms with Gasteiger partial charge in [-0.1, -0.05) is 24.3 Å². The number of allylic oxidation sites excluding steroid dienone is 4. The molecule has 2 atom stereocenters. The number of aliphatic hydroxyl groups is 1. The van der Waals surface area contributed by atoms with Crippen LogP contribution in [0.2, 0.25) is 0 Å². The Balaban J connectivity index is 1.42. The second kappa shape index (κ2) is 8.21. The zero-order chi connectivity index (χ0) is 18.5. The minimum atomic E-state index is -0.620. The van der Waals surface area contributed by atoms with Gasteiger partial charge in [0.05, 0.1) is 5.70 Å². The SMILES string of the molecule is Cc1ccccc1OCC(O)CNC(C)CC1=NC2=CC=CC(=O)C2=N1. The number of amidine groups is 1. The Bertz CT molecular complexity index is 808. The molecule has 6 nitrogen and oxygen atoms in total. The Morgan fingerprint density at radius 3 is 2.85 bits per heavy atom. The van der Waals surface area contributed by atoms with Crippen LogP contribution in [-0.2, 0) is 4.79 Å². The molecule has 2 unspecified atom stereocenters. The van der Waals surface area contributed by atoms with Gasteiger partial charge in [0.2, 0.25) is 5.78 Å². The van der Waals surface area contributed by atoms with Gasteiger partial charge in [-0.05, 0) is 37.6 Å². The number of aryl methyl sites for hydroxylation is 1. The van der Waals surface area contributed by atoms with Crippen molar-refractivity contribution < 1.29 is 14.6 Å². The molecule has 1 heterocycles. The first kappa shape index (κ1) is 18.2. The molecule has 0 spiro atoms. The van der Waals surface area contributed by atoms with Gasteiger partial charge in [-0.25, -0.2) is 9.98 Å². The number of hydrogen-bond acceptors (Lipinski definition) is 6. The van der Waals surface area contributed by atoms with Crippen molar-refractivity contribution in [1.29, 1.82) is 0 Å². The molecule has 6 heteroatoms. The van der Waals surface area contributed by atoms with Crippen molar-refractivity contribution in [2.24, 2.45) is 9.98 Å². The van der Waals surface area contributed by atoms with Crippen molar-refractivity contribution in [2.45, 2.75) is 32.4 Å². The molecule has 136 valence electrons. The van der Waals surface area contributed by atoms with Gasteiger partial charge >= 0.3 is 0 Å². The summed E-state index contributed by atoms with van der Waals surface area (Å²) in [6, 6.07) is 7.78. The third kappa shape index (κ3) is 4.53. The molecule has 0 fully saturated rings. The number of fused-ring (bicyclic) bond motifs is 1. The Hall–Kier alpha value is -2.57. The molecule has 0 bridgehead atoms. The molecule has 2 N–H and O–H groups in total. The van der Waals surface area contributed by atoms with Crippen LogP contribution in [0.5, 0.6) is 5.75 Å². The fourth-order valence-electron chi connectivity index (χ4n) is 2.74. The van der Waals surface area contributed by atoms with Crippen LogP contribution in [-0.4, -0.2) is 47.7 Å². The summed E-state index contributed by atoms with van der Waals surface area (Å²) in [7, 11) is 0. The quantitative estimate of drug-likeness (QED) is 0.700. The number of aliphatic imine (C=N–C) groups is 2.